The molecule has 4 aromatic carbocycles. The molecule has 2 N–H and O–H groups in total. The normalized spacial score (nSPS) is 14.5. The summed E-state index contributed by atoms with van der Waals surface area (Å²) >= 11 is 6.61. The third kappa shape index (κ3) is 3.01. The van der Waals surface area contributed by atoms with E-state index in [-0.39, 0.29) is 5.91 Å². The second-order valence-electron chi connectivity index (χ2n) is 10.1. The molecule has 0 radical (unpaired) electrons. The Kier molecular flexibility index (Phi) is 5.04. The van der Waals surface area contributed by atoms with Crippen molar-refractivity contribution in [3.63, 3.8) is 0 Å². The molecule has 0 spiro atoms. The van der Waals surface area contributed by atoms with E-state index < -0.39 is 5.41 Å². The number of carbonyl (C=O) groups is 1. The van der Waals surface area contributed by atoms with Crippen LogP contribution in [-0.2, 0) is 16.8 Å². The number of aromatic amines is 2. The lowest BCUT2D eigenvalue weighted by atomic mass is 9.68. The maximum Gasteiger partial charge on any atom is 0.247 e. The molecule has 0 fully saturated rings. The molecule has 186 valence electrons. The summed E-state index contributed by atoms with van der Waals surface area (Å²) in [7, 11) is 0. The van der Waals surface area contributed by atoms with Crippen LogP contribution in [-0.4, -0.2) is 15.9 Å². The summed E-state index contributed by atoms with van der Waals surface area (Å²) in [6.45, 7) is 4.54. The third-order valence-corrected chi connectivity index (χ3v) is 8.36. The second kappa shape index (κ2) is 8.37. The van der Waals surface area contributed by atoms with Gasteiger partial charge in [-0.15, -0.1) is 0 Å². The van der Waals surface area contributed by atoms with Crippen molar-refractivity contribution in [1.29, 1.82) is 0 Å². The topological polar surface area (TPSA) is 51.9 Å². The largest absolute Gasteiger partial charge is 0.358 e. The van der Waals surface area contributed by atoms with Gasteiger partial charge in [0.2, 0.25) is 5.91 Å². The van der Waals surface area contributed by atoms with Crippen molar-refractivity contribution in [2.24, 2.45) is 0 Å². The van der Waals surface area contributed by atoms with Gasteiger partial charge in [0.05, 0.1) is 6.54 Å². The van der Waals surface area contributed by atoms with Crippen LogP contribution >= 0.6 is 11.6 Å². The van der Waals surface area contributed by atoms with Crippen molar-refractivity contribution in [3.8, 4) is 0 Å². The van der Waals surface area contributed by atoms with Crippen molar-refractivity contribution in [3.05, 3.63) is 136 Å². The number of halogens is 1. The van der Waals surface area contributed by atoms with Crippen LogP contribution in [0.3, 0.4) is 0 Å². The summed E-state index contributed by atoms with van der Waals surface area (Å²) in [6, 6.07) is 32.5. The standard InChI is InChI=1S/C33H26ClN3O/c1-20-30(23-12-4-8-16-27(23)35-20)33(31-21(2)36-28-17-9-5-13-24(28)31)25-14-6-10-18-29(25)37(32(33)38)19-22-11-3-7-15-26(22)34/h3-18,35-36H,19H2,1-2H3. The number of hydrogen-bond acceptors (Lipinski definition) is 1. The van der Waals surface area contributed by atoms with Gasteiger partial charge in [-0.1, -0.05) is 84.4 Å². The zero-order valence-electron chi connectivity index (χ0n) is 21.2. The molecular weight excluding hydrogens is 490 g/mol. The number of nitrogens with one attached hydrogen (secondary N) is 2. The quantitative estimate of drug-likeness (QED) is 0.247. The maximum absolute atomic E-state index is 15.2. The first-order valence-electron chi connectivity index (χ1n) is 12.8. The average molecular weight is 516 g/mol. The van der Waals surface area contributed by atoms with Crippen LogP contribution in [0.25, 0.3) is 21.8 Å². The minimum Gasteiger partial charge on any atom is -0.358 e. The highest BCUT2D eigenvalue weighted by Crippen LogP contribution is 2.55. The number of hydrogen-bond donors (Lipinski definition) is 2. The predicted molar refractivity (Wildman–Crippen MR) is 155 cm³/mol. The summed E-state index contributed by atoms with van der Waals surface area (Å²) in [5.74, 6) is 0.0272. The lowest BCUT2D eigenvalue weighted by Gasteiger charge is -2.31. The van der Waals surface area contributed by atoms with Gasteiger partial charge in [-0.3, -0.25) is 4.79 Å². The molecule has 38 heavy (non-hydrogen) atoms. The van der Waals surface area contributed by atoms with E-state index in [9.17, 15) is 0 Å². The summed E-state index contributed by atoms with van der Waals surface area (Å²) in [6.07, 6.45) is 0. The highest BCUT2D eigenvalue weighted by atomic mass is 35.5. The van der Waals surface area contributed by atoms with Gasteiger partial charge in [-0.25, -0.2) is 0 Å². The van der Waals surface area contributed by atoms with Gasteiger partial charge in [0.25, 0.3) is 0 Å². The van der Waals surface area contributed by atoms with Crippen LogP contribution in [0.1, 0.15) is 33.6 Å². The number of amides is 1. The van der Waals surface area contributed by atoms with E-state index in [2.05, 4.69) is 60.2 Å². The van der Waals surface area contributed by atoms with Gasteiger partial charge in [-0.05, 0) is 43.7 Å². The summed E-state index contributed by atoms with van der Waals surface area (Å²) in [5.41, 5.74) is 7.77. The summed E-state index contributed by atoms with van der Waals surface area (Å²) in [5, 5.41) is 2.76. The number of H-pyrrole nitrogens is 2. The predicted octanol–water partition coefficient (Wildman–Crippen LogP) is 7.80. The molecule has 3 heterocycles. The molecule has 0 aliphatic carbocycles. The van der Waals surface area contributed by atoms with Crippen LogP contribution in [0.4, 0.5) is 5.69 Å². The van der Waals surface area contributed by atoms with Crippen LogP contribution < -0.4 is 4.90 Å². The minimum absolute atomic E-state index is 0.0272. The van der Waals surface area contributed by atoms with E-state index >= 15 is 4.79 Å². The minimum atomic E-state index is -1.05. The van der Waals surface area contributed by atoms with Gasteiger partial charge < -0.3 is 14.9 Å². The van der Waals surface area contributed by atoms with Gasteiger partial charge in [0.15, 0.2) is 0 Å². The number of carbonyl (C=O) groups excluding carboxylic acids is 1. The molecule has 5 heteroatoms. The van der Waals surface area contributed by atoms with Crippen LogP contribution in [0.15, 0.2) is 97.1 Å². The Morgan fingerprint density at radius 3 is 1.87 bits per heavy atom. The molecule has 0 saturated carbocycles. The lowest BCUT2D eigenvalue weighted by Crippen LogP contribution is -2.42. The maximum atomic E-state index is 15.2. The highest BCUT2D eigenvalue weighted by Gasteiger charge is 2.56. The molecular formula is C33H26ClN3O. The Labute approximate surface area is 225 Å². The number of nitrogens with zero attached hydrogens (tertiary/aromatic N) is 1. The SMILES string of the molecule is Cc1[nH]c2ccccc2c1C1(c2c(C)[nH]c3ccccc23)C(=O)N(Cc2ccccc2Cl)c2ccccc21. The van der Waals surface area contributed by atoms with Crippen LogP contribution in [0.2, 0.25) is 5.02 Å². The number of fused-ring (bicyclic) bond motifs is 3. The van der Waals surface area contributed by atoms with Crippen LogP contribution in [0.5, 0.6) is 0 Å². The molecule has 2 aromatic heterocycles. The molecule has 1 aliphatic heterocycles. The van der Waals surface area contributed by atoms with Crippen molar-refractivity contribution in [1.82, 2.24) is 9.97 Å². The Balaban J connectivity index is 1.62. The summed E-state index contributed by atoms with van der Waals surface area (Å²) in [4.78, 5) is 24.3. The zero-order chi connectivity index (χ0) is 26.0. The van der Waals surface area contributed by atoms with Gasteiger partial charge in [0.1, 0.15) is 5.41 Å². The highest BCUT2D eigenvalue weighted by molar-refractivity contribution is 6.31. The fraction of sp³-hybridized carbons (Fsp3) is 0.121. The fourth-order valence-electron chi connectivity index (χ4n) is 6.54. The van der Waals surface area contributed by atoms with Crippen molar-refractivity contribution < 1.29 is 4.79 Å². The number of aromatic nitrogens is 2. The van der Waals surface area contributed by atoms with Crippen molar-refractivity contribution in [2.45, 2.75) is 25.8 Å². The Bertz CT molecular complexity index is 1800. The number of benzene rings is 4. The molecule has 4 nitrogen and oxygen atoms in total. The summed E-state index contributed by atoms with van der Waals surface area (Å²) < 4.78 is 0. The third-order valence-electron chi connectivity index (χ3n) is 7.99. The van der Waals surface area contributed by atoms with E-state index in [1.165, 1.54) is 0 Å². The number of anilines is 1. The Morgan fingerprint density at radius 1 is 0.711 bits per heavy atom. The molecule has 0 bridgehead atoms. The zero-order valence-corrected chi connectivity index (χ0v) is 21.9. The van der Waals surface area contributed by atoms with Gasteiger partial charge in [-0.2, -0.15) is 0 Å². The first-order chi connectivity index (χ1) is 18.5. The number of aryl methyl sites for hydroxylation is 2. The lowest BCUT2D eigenvalue weighted by molar-refractivity contribution is -0.120. The van der Waals surface area contributed by atoms with Gasteiger partial charge in [0, 0.05) is 60.6 Å². The molecule has 6 aromatic rings. The van der Waals surface area contributed by atoms with E-state index in [4.69, 9.17) is 11.6 Å². The Hall–Kier alpha value is -4.28. The van der Waals surface area contributed by atoms with Gasteiger partial charge >= 0.3 is 0 Å². The van der Waals surface area contributed by atoms with E-state index in [0.717, 1.165) is 61.1 Å². The molecule has 7 rings (SSSR count). The van der Waals surface area contributed by atoms with Crippen LogP contribution in [0, 0.1) is 13.8 Å². The van der Waals surface area contributed by atoms with Crippen molar-refractivity contribution in [2.75, 3.05) is 4.90 Å². The molecule has 1 amide bonds. The Morgan fingerprint density at radius 2 is 1.24 bits per heavy atom. The second-order valence-corrected chi connectivity index (χ2v) is 10.5. The first kappa shape index (κ1) is 22.9. The molecule has 0 unspecified atom stereocenters. The monoisotopic (exact) mass is 515 g/mol. The molecule has 0 atom stereocenters. The smallest absolute Gasteiger partial charge is 0.247 e. The molecule has 1 aliphatic rings. The van der Waals surface area contributed by atoms with E-state index in [1.54, 1.807) is 0 Å². The number of para-hydroxylation sites is 3. The number of rotatable bonds is 4. The van der Waals surface area contributed by atoms with E-state index in [1.807, 2.05) is 65.6 Å². The van der Waals surface area contributed by atoms with Crippen molar-refractivity contribution >= 4 is 45.0 Å². The van der Waals surface area contributed by atoms with E-state index in [0.29, 0.717) is 11.6 Å². The fourth-order valence-corrected chi connectivity index (χ4v) is 6.73. The molecule has 0 saturated heterocycles. The average Bonchev–Trinajstić information content (AvgIpc) is 3.52. The first-order valence-corrected chi connectivity index (χ1v) is 13.2.